The number of fused-ring (bicyclic) bond motifs is 1. The first kappa shape index (κ1) is 18.4. The Morgan fingerprint density at radius 1 is 1.37 bits per heavy atom. The lowest BCUT2D eigenvalue weighted by Crippen LogP contribution is -2.53. The van der Waals surface area contributed by atoms with Crippen molar-refractivity contribution in [2.45, 2.75) is 70.7 Å². The number of hydrogen-bond acceptors (Lipinski definition) is 6. The minimum Gasteiger partial charge on any atom is -0.393 e. The lowest BCUT2D eigenvalue weighted by atomic mass is 9.81. The molecule has 2 aliphatic heterocycles. The van der Waals surface area contributed by atoms with Crippen LogP contribution < -0.4 is 0 Å². The van der Waals surface area contributed by atoms with Crippen molar-refractivity contribution in [2.75, 3.05) is 13.1 Å². The van der Waals surface area contributed by atoms with E-state index in [1.807, 2.05) is 24.8 Å². The zero-order valence-electron chi connectivity index (χ0n) is 16.2. The van der Waals surface area contributed by atoms with Gasteiger partial charge in [0.25, 0.3) is 11.6 Å². The Balaban J connectivity index is 1.54. The zero-order valence-corrected chi connectivity index (χ0v) is 16.2. The van der Waals surface area contributed by atoms with Crippen LogP contribution in [0.25, 0.3) is 11.1 Å². The van der Waals surface area contributed by atoms with E-state index in [0.29, 0.717) is 48.3 Å². The lowest BCUT2D eigenvalue weighted by molar-refractivity contribution is -0.179. The van der Waals surface area contributed by atoms with Gasteiger partial charge in [0, 0.05) is 25.2 Å². The summed E-state index contributed by atoms with van der Waals surface area (Å²) in [6, 6.07) is 1.81. The molecule has 27 heavy (non-hydrogen) atoms. The molecule has 2 aromatic heterocycles. The first-order chi connectivity index (χ1) is 12.9. The first-order valence-corrected chi connectivity index (χ1v) is 9.79. The molecule has 1 N–H and O–H groups in total. The van der Waals surface area contributed by atoms with E-state index in [1.54, 1.807) is 0 Å². The standard InChI is InChI=1S/C20H27N3O4/c1-4-15-10-14(24)11-20(26-15)5-7-23(8-6-20)19(25)16-9-12(2)21-18-17(16)13(3)22-27-18/h9,14-15,24H,4-8,10-11H2,1-3H3/t14-,15+/m1/s1. The molecule has 7 heteroatoms. The molecule has 4 heterocycles. The van der Waals surface area contributed by atoms with Gasteiger partial charge in [0.15, 0.2) is 0 Å². The molecule has 7 nitrogen and oxygen atoms in total. The number of likely N-dealkylation sites (tertiary alicyclic amines) is 1. The molecule has 2 atom stereocenters. The summed E-state index contributed by atoms with van der Waals surface area (Å²) < 4.78 is 11.6. The summed E-state index contributed by atoms with van der Waals surface area (Å²) in [6.07, 6.45) is 3.58. The number of carbonyl (C=O) groups is 1. The summed E-state index contributed by atoms with van der Waals surface area (Å²) in [7, 11) is 0. The van der Waals surface area contributed by atoms with Crippen molar-refractivity contribution >= 4 is 17.0 Å². The van der Waals surface area contributed by atoms with Crippen molar-refractivity contribution in [3.05, 3.63) is 23.0 Å². The molecular formula is C20H27N3O4. The number of rotatable bonds is 2. The monoisotopic (exact) mass is 373 g/mol. The van der Waals surface area contributed by atoms with Gasteiger partial charge in [0.1, 0.15) is 0 Å². The van der Waals surface area contributed by atoms with Gasteiger partial charge in [-0.2, -0.15) is 0 Å². The van der Waals surface area contributed by atoms with Crippen LogP contribution in [0.15, 0.2) is 10.6 Å². The number of carbonyl (C=O) groups excluding carboxylic acids is 1. The highest BCUT2D eigenvalue weighted by Gasteiger charge is 2.43. The molecule has 146 valence electrons. The summed E-state index contributed by atoms with van der Waals surface area (Å²) in [5.74, 6) is -0.0185. The fourth-order valence-electron chi connectivity index (χ4n) is 4.51. The van der Waals surface area contributed by atoms with Crippen LogP contribution >= 0.6 is 0 Å². The van der Waals surface area contributed by atoms with Crippen LogP contribution in [0.3, 0.4) is 0 Å². The quantitative estimate of drug-likeness (QED) is 0.871. The minimum absolute atomic E-state index is 0.0185. The van der Waals surface area contributed by atoms with E-state index < -0.39 is 0 Å². The van der Waals surface area contributed by atoms with Crippen LogP contribution in [0.4, 0.5) is 0 Å². The molecule has 2 saturated heterocycles. The number of amides is 1. The number of pyridine rings is 1. The molecule has 2 fully saturated rings. The lowest BCUT2D eigenvalue weighted by Gasteiger charge is -2.47. The van der Waals surface area contributed by atoms with E-state index in [9.17, 15) is 9.90 Å². The van der Waals surface area contributed by atoms with Crippen LogP contribution in [-0.4, -0.2) is 57.0 Å². The maximum Gasteiger partial charge on any atom is 0.258 e. The molecule has 0 aliphatic carbocycles. The molecule has 0 saturated carbocycles. The van der Waals surface area contributed by atoms with Crippen molar-refractivity contribution in [3.8, 4) is 0 Å². The number of aliphatic hydroxyl groups is 1. The summed E-state index contributed by atoms with van der Waals surface area (Å²) in [6.45, 7) is 7.01. The van der Waals surface area contributed by atoms with Crippen molar-refractivity contribution in [1.82, 2.24) is 15.0 Å². The van der Waals surface area contributed by atoms with Crippen LogP contribution in [0.1, 0.15) is 60.8 Å². The highest BCUT2D eigenvalue weighted by Crippen LogP contribution is 2.38. The SMILES string of the molecule is CC[C@H]1C[C@@H](O)CC2(CCN(C(=O)c3cc(C)nc4onc(C)c34)CC2)O1. The second-order valence-electron chi connectivity index (χ2n) is 7.98. The molecular weight excluding hydrogens is 346 g/mol. The fraction of sp³-hybridized carbons (Fsp3) is 0.650. The molecule has 2 aliphatic rings. The molecule has 4 rings (SSSR count). The highest BCUT2D eigenvalue weighted by molar-refractivity contribution is 6.06. The summed E-state index contributed by atoms with van der Waals surface area (Å²) in [5, 5.41) is 14.9. The van der Waals surface area contributed by atoms with Gasteiger partial charge in [-0.05, 0) is 45.6 Å². The predicted molar refractivity (Wildman–Crippen MR) is 99.6 cm³/mol. The van der Waals surface area contributed by atoms with Gasteiger partial charge < -0.3 is 19.3 Å². The number of nitrogens with zero attached hydrogens (tertiary/aromatic N) is 3. The number of ether oxygens (including phenoxy) is 1. The van der Waals surface area contributed by atoms with E-state index >= 15 is 0 Å². The second kappa shape index (κ2) is 6.87. The van der Waals surface area contributed by atoms with Gasteiger partial charge in [0.05, 0.1) is 34.5 Å². The van der Waals surface area contributed by atoms with Gasteiger partial charge in [-0.25, -0.2) is 4.98 Å². The van der Waals surface area contributed by atoms with Gasteiger partial charge in [-0.15, -0.1) is 0 Å². The largest absolute Gasteiger partial charge is 0.393 e. The number of aliphatic hydroxyl groups excluding tert-OH is 1. The van der Waals surface area contributed by atoms with E-state index in [1.165, 1.54) is 0 Å². The Morgan fingerprint density at radius 3 is 2.81 bits per heavy atom. The number of hydrogen-bond donors (Lipinski definition) is 1. The van der Waals surface area contributed by atoms with Gasteiger partial charge in [-0.3, -0.25) is 4.79 Å². The number of aromatic nitrogens is 2. The third kappa shape index (κ3) is 3.34. The van der Waals surface area contributed by atoms with Gasteiger partial charge in [-0.1, -0.05) is 12.1 Å². The van der Waals surface area contributed by atoms with Crippen molar-refractivity contribution in [3.63, 3.8) is 0 Å². The van der Waals surface area contributed by atoms with Crippen LogP contribution in [0.5, 0.6) is 0 Å². The molecule has 0 aromatic carbocycles. The predicted octanol–water partition coefficient (Wildman–Crippen LogP) is 2.76. The van der Waals surface area contributed by atoms with E-state index in [2.05, 4.69) is 17.1 Å². The minimum atomic E-state index is -0.312. The first-order valence-electron chi connectivity index (χ1n) is 9.79. The Labute approximate surface area is 158 Å². The topological polar surface area (TPSA) is 88.7 Å². The molecule has 2 aromatic rings. The van der Waals surface area contributed by atoms with Crippen LogP contribution in [0, 0.1) is 13.8 Å². The number of piperidine rings is 1. The Bertz CT molecular complexity index is 854. The van der Waals surface area contributed by atoms with Crippen molar-refractivity contribution in [2.24, 2.45) is 0 Å². The van der Waals surface area contributed by atoms with Crippen molar-refractivity contribution < 1.29 is 19.2 Å². The molecule has 0 unspecified atom stereocenters. The maximum atomic E-state index is 13.2. The third-order valence-corrected chi connectivity index (χ3v) is 5.95. The van der Waals surface area contributed by atoms with Gasteiger partial charge in [0.2, 0.25) is 0 Å². The Hall–Kier alpha value is -1.99. The summed E-state index contributed by atoms with van der Waals surface area (Å²) in [4.78, 5) is 19.4. The second-order valence-corrected chi connectivity index (χ2v) is 7.98. The van der Waals surface area contributed by atoms with Gasteiger partial charge >= 0.3 is 0 Å². The third-order valence-electron chi connectivity index (χ3n) is 5.95. The fourth-order valence-corrected chi connectivity index (χ4v) is 4.51. The van der Waals surface area contributed by atoms with E-state index in [0.717, 1.165) is 25.0 Å². The summed E-state index contributed by atoms with van der Waals surface area (Å²) >= 11 is 0. The zero-order chi connectivity index (χ0) is 19.2. The Morgan fingerprint density at radius 2 is 2.11 bits per heavy atom. The van der Waals surface area contributed by atoms with Crippen molar-refractivity contribution in [1.29, 1.82) is 0 Å². The van der Waals surface area contributed by atoms with Crippen LogP contribution in [0.2, 0.25) is 0 Å². The van der Waals surface area contributed by atoms with E-state index in [4.69, 9.17) is 9.26 Å². The normalized spacial score (nSPS) is 25.3. The molecule has 0 bridgehead atoms. The highest BCUT2D eigenvalue weighted by atomic mass is 16.5. The average Bonchev–Trinajstić information content (AvgIpc) is 3.01. The molecule has 0 radical (unpaired) electrons. The average molecular weight is 373 g/mol. The number of aryl methyl sites for hydroxylation is 2. The maximum absolute atomic E-state index is 13.2. The smallest absolute Gasteiger partial charge is 0.258 e. The molecule has 1 spiro atoms. The Kier molecular flexibility index (Phi) is 4.68. The summed E-state index contributed by atoms with van der Waals surface area (Å²) in [5.41, 5.74) is 2.13. The van der Waals surface area contributed by atoms with Crippen LogP contribution in [-0.2, 0) is 4.74 Å². The van der Waals surface area contributed by atoms with E-state index in [-0.39, 0.29) is 23.7 Å². The molecule has 1 amide bonds.